The molecule has 2 saturated heterocycles. The molecule has 1 spiro atoms. The molecule has 2 aromatic carbocycles. The second kappa shape index (κ2) is 8.87. The number of aryl methyl sites for hydroxylation is 2. The highest BCUT2D eigenvalue weighted by molar-refractivity contribution is 5.99. The van der Waals surface area contributed by atoms with E-state index < -0.39 is 11.8 Å². The summed E-state index contributed by atoms with van der Waals surface area (Å²) in [5.74, 6) is -0.361. The molecule has 3 aliphatic rings. The summed E-state index contributed by atoms with van der Waals surface area (Å²) in [6.07, 6.45) is 2.89. The molecule has 1 saturated carbocycles. The van der Waals surface area contributed by atoms with Gasteiger partial charge in [0.05, 0.1) is 6.61 Å². The van der Waals surface area contributed by atoms with Crippen LogP contribution in [0.4, 0.5) is 0 Å². The normalized spacial score (nSPS) is 21.5. The average molecular weight is 462 g/mol. The summed E-state index contributed by atoms with van der Waals surface area (Å²) < 4.78 is 6.27. The predicted octanol–water partition coefficient (Wildman–Crippen LogP) is 3.06. The van der Waals surface area contributed by atoms with Gasteiger partial charge in [0.1, 0.15) is 11.8 Å². The van der Waals surface area contributed by atoms with Crippen molar-refractivity contribution >= 4 is 17.7 Å². The van der Waals surface area contributed by atoms with Gasteiger partial charge in [-0.15, -0.1) is 0 Å². The molecule has 2 aromatic rings. The number of carbonyl (C=O) groups excluding carboxylic acids is 3. The average Bonchev–Trinajstić information content (AvgIpc) is 3.58. The van der Waals surface area contributed by atoms with Crippen molar-refractivity contribution in [2.75, 3.05) is 19.7 Å². The summed E-state index contributed by atoms with van der Waals surface area (Å²) in [5.41, 5.74) is 2.28. The minimum atomic E-state index is -0.894. The summed E-state index contributed by atoms with van der Waals surface area (Å²) in [7, 11) is 0. The zero-order chi connectivity index (χ0) is 23.9. The third kappa shape index (κ3) is 4.20. The Labute approximate surface area is 200 Å². The van der Waals surface area contributed by atoms with Crippen LogP contribution in [0.3, 0.4) is 0 Å². The molecule has 2 heterocycles. The van der Waals surface area contributed by atoms with E-state index in [1.807, 2.05) is 61.2 Å². The van der Waals surface area contributed by atoms with Crippen LogP contribution in [0.25, 0.3) is 0 Å². The molecule has 34 heavy (non-hydrogen) atoms. The minimum Gasteiger partial charge on any atom is -0.353 e. The van der Waals surface area contributed by atoms with E-state index in [0.717, 1.165) is 24.0 Å². The molecule has 178 valence electrons. The fraction of sp³-hybridized carbons (Fsp3) is 0.444. The standard InChI is InChI=1S/C27H31N3O4/c1-18-6-5-8-20(16-18)25(32)30-23(24(31)28-21-10-11-21)17-34-27(30)12-14-29(15-13-27)26(33)22-9-4-3-7-19(22)2/h3-9,16,21,23H,10-15,17H2,1-2H3,(H,28,31). The number of hydrogen-bond acceptors (Lipinski definition) is 4. The van der Waals surface area contributed by atoms with Crippen LogP contribution in [0.1, 0.15) is 57.5 Å². The molecule has 0 bridgehead atoms. The number of nitrogens with one attached hydrogen (secondary N) is 1. The molecule has 3 amide bonds. The second-order valence-electron chi connectivity index (χ2n) is 9.71. The molecule has 0 radical (unpaired) electrons. The van der Waals surface area contributed by atoms with Crippen LogP contribution < -0.4 is 5.32 Å². The zero-order valence-corrected chi connectivity index (χ0v) is 19.8. The van der Waals surface area contributed by atoms with E-state index in [2.05, 4.69) is 5.32 Å². The molecule has 1 atom stereocenters. The maximum Gasteiger partial charge on any atom is 0.256 e. The van der Waals surface area contributed by atoms with Gasteiger partial charge in [0, 0.05) is 43.1 Å². The van der Waals surface area contributed by atoms with E-state index in [-0.39, 0.29) is 30.4 Å². The molecule has 1 unspecified atom stereocenters. The third-order valence-corrected chi connectivity index (χ3v) is 7.18. The summed E-state index contributed by atoms with van der Waals surface area (Å²) in [5, 5.41) is 3.04. The van der Waals surface area contributed by atoms with Gasteiger partial charge in [0.15, 0.2) is 0 Å². The van der Waals surface area contributed by atoms with Crippen molar-refractivity contribution in [3.63, 3.8) is 0 Å². The first kappa shape index (κ1) is 22.6. The number of rotatable bonds is 4. The van der Waals surface area contributed by atoms with Crippen LogP contribution in [-0.2, 0) is 9.53 Å². The van der Waals surface area contributed by atoms with Crippen molar-refractivity contribution in [3.8, 4) is 0 Å². The number of carbonyl (C=O) groups is 3. The Morgan fingerprint density at radius 1 is 0.971 bits per heavy atom. The highest BCUT2D eigenvalue weighted by Crippen LogP contribution is 2.39. The van der Waals surface area contributed by atoms with Crippen LogP contribution in [-0.4, -0.2) is 65.0 Å². The highest BCUT2D eigenvalue weighted by atomic mass is 16.5. The van der Waals surface area contributed by atoms with Gasteiger partial charge in [-0.2, -0.15) is 0 Å². The van der Waals surface area contributed by atoms with E-state index in [1.165, 1.54) is 0 Å². The monoisotopic (exact) mass is 461 g/mol. The second-order valence-corrected chi connectivity index (χ2v) is 9.71. The minimum absolute atomic E-state index is 0.00876. The Balaban J connectivity index is 1.39. The van der Waals surface area contributed by atoms with Crippen molar-refractivity contribution < 1.29 is 19.1 Å². The maximum absolute atomic E-state index is 13.8. The first-order chi connectivity index (χ1) is 16.4. The Morgan fingerprint density at radius 2 is 1.71 bits per heavy atom. The van der Waals surface area contributed by atoms with Crippen molar-refractivity contribution in [2.45, 2.75) is 57.3 Å². The van der Waals surface area contributed by atoms with Crippen molar-refractivity contribution in [2.24, 2.45) is 0 Å². The van der Waals surface area contributed by atoms with E-state index in [1.54, 1.807) is 11.0 Å². The van der Waals surface area contributed by atoms with Crippen molar-refractivity contribution in [1.29, 1.82) is 0 Å². The maximum atomic E-state index is 13.8. The van der Waals surface area contributed by atoms with Crippen LogP contribution in [0.5, 0.6) is 0 Å². The lowest BCUT2D eigenvalue weighted by atomic mass is 9.95. The number of likely N-dealkylation sites (tertiary alicyclic amines) is 1. The lowest BCUT2D eigenvalue weighted by molar-refractivity contribution is -0.128. The van der Waals surface area contributed by atoms with E-state index in [4.69, 9.17) is 4.74 Å². The van der Waals surface area contributed by atoms with Gasteiger partial charge < -0.3 is 15.0 Å². The van der Waals surface area contributed by atoms with Gasteiger partial charge in [-0.1, -0.05) is 35.9 Å². The first-order valence-corrected chi connectivity index (χ1v) is 12.1. The molecule has 5 rings (SSSR count). The quantitative estimate of drug-likeness (QED) is 0.759. The molecular formula is C27H31N3O4. The SMILES string of the molecule is Cc1cccc(C(=O)N2C(C(=O)NC3CC3)COC23CCN(C(=O)c2ccccc2C)CC3)c1. The summed E-state index contributed by atoms with van der Waals surface area (Å²) in [6.45, 7) is 4.97. The van der Waals surface area contributed by atoms with Crippen LogP contribution in [0.2, 0.25) is 0 Å². The molecular weight excluding hydrogens is 430 g/mol. The van der Waals surface area contributed by atoms with Gasteiger partial charge >= 0.3 is 0 Å². The Morgan fingerprint density at radius 3 is 2.38 bits per heavy atom. The van der Waals surface area contributed by atoms with Gasteiger partial charge in [-0.25, -0.2) is 0 Å². The highest BCUT2D eigenvalue weighted by Gasteiger charge is 2.54. The molecule has 7 heteroatoms. The molecule has 2 aliphatic heterocycles. The largest absolute Gasteiger partial charge is 0.353 e. The fourth-order valence-electron chi connectivity index (χ4n) is 5.05. The fourth-order valence-corrected chi connectivity index (χ4v) is 5.05. The molecule has 0 aromatic heterocycles. The number of benzene rings is 2. The van der Waals surface area contributed by atoms with Gasteiger partial charge in [-0.3, -0.25) is 19.3 Å². The third-order valence-electron chi connectivity index (χ3n) is 7.18. The smallest absolute Gasteiger partial charge is 0.256 e. The topological polar surface area (TPSA) is 79.0 Å². The van der Waals surface area contributed by atoms with Crippen LogP contribution >= 0.6 is 0 Å². The number of nitrogens with zero attached hydrogens (tertiary/aromatic N) is 2. The van der Waals surface area contributed by atoms with Crippen LogP contribution in [0, 0.1) is 13.8 Å². The molecule has 7 nitrogen and oxygen atoms in total. The van der Waals surface area contributed by atoms with E-state index in [0.29, 0.717) is 37.1 Å². The number of hydrogen-bond donors (Lipinski definition) is 1. The Bertz CT molecular complexity index is 1120. The van der Waals surface area contributed by atoms with E-state index in [9.17, 15) is 14.4 Å². The summed E-state index contributed by atoms with van der Waals surface area (Å²) in [4.78, 5) is 43.5. The van der Waals surface area contributed by atoms with Gasteiger partial charge in [0.25, 0.3) is 11.8 Å². The predicted molar refractivity (Wildman–Crippen MR) is 127 cm³/mol. The summed E-state index contributed by atoms with van der Waals surface area (Å²) >= 11 is 0. The Kier molecular flexibility index (Phi) is 5.90. The van der Waals surface area contributed by atoms with Crippen molar-refractivity contribution in [1.82, 2.24) is 15.1 Å². The van der Waals surface area contributed by atoms with Crippen molar-refractivity contribution in [3.05, 3.63) is 70.8 Å². The number of amides is 3. The van der Waals surface area contributed by atoms with Gasteiger partial charge in [-0.05, 0) is 50.5 Å². The molecule has 3 fully saturated rings. The zero-order valence-electron chi connectivity index (χ0n) is 19.8. The number of ether oxygens (including phenoxy) is 1. The number of piperidine rings is 1. The lowest BCUT2D eigenvalue weighted by Gasteiger charge is -2.44. The Hall–Kier alpha value is -3.19. The van der Waals surface area contributed by atoms with Crippen LogP contribution in [0.15, 0.2) is 48.5 Å². The molecule has 1 aliphatic carbocycles. The van der Waals surface area contributed by atoms with Gasteiger partial charge in [0.2, 0.25) is 5.91 Å². The molecule has 1 N–H and O–H groups in total. The van der Waals surface area contributed by atoms with E-state index >= 15 is 0 Å². The summed E-state index contributed by atoms with van der Waals surface area (Å²) in [6, 6.07) is 14.5. The lowest BCUT2D eigenvalue weighted by Crippen LogP contribution is -2.60. The first-order valence-electron chi connectivity index (χ1n) is 12.1.